The van der Waals surface area contributed by atoms with Crippen molar-refractivity contribution in [3.8, 4) is 0 Å². The largest absolute Gasteiger partial charge is 0.383 e. The van der Waals surface area contributed by atoms with Crippen LogP contribution in [-0.4, -0.2) is 51.1 Å². The molecule has 3 rings (SSSR count). The molecule has 2 aliphatic carbocycles. The third-order valence-corrected chi connectivity index (χ3v) is 8.78. The molecule has 2 bridgehead atoms. The summed E-state index contributed by atoms with van der Waals surface area (Å²) < 4.78 is 3.01. The second-order valence-corrected chi connectivity index (χ2v) is 8.68. The molecular formula is C12H9Cl6NO3. The summed E-state index contributed by atoms with van der Waals surface area (Å²) >= 11 is 38.0. The van der Waals surface area contributed by atoms with Crippen molar-refractivity contribution in [2.45, 2.75) is 14.1 Å². The molecule has 1 saturated carbocycles. The molecule has 122 valence electrons. The van der Waals surface area contributed by atoms with Gasteiger partial charge in [0.05, 0.1) is 35.1 Å². The van der Waals surface area contributed by atoms with Gasteiger partial charge in [0.1, 0.15) is 9.75 Å². The van der Waals surface area contributed by atoms with E-state index in [1.54, 1.807) is 0 Å². The maximum absolute atomic E-state index is 12.6. The average molecular weight is 428 g/mol. The van der Waals surface area contributed by atoms with Crippen LogP contribution in [0.4, 0.5) is 0 Å². The Labute approximate surface area is 156 Å². The minimum Gasteiger partial charge on any atom is -0.383 e. The average Bonchev–Trinajstić information content (AvgIpc) is 2.83. The number of ether oxygens (including phenoxy) is 1. The maximum Gasteiger partial charge on any atom is 0.235 e. The van der Waals surface area contributed by atoms with Crippen LogP contribution in [0.2, 0.25) is 0 Å². The van der Waals surface area contributed by atoms with Gasteiger partial charge in [-0.25, -0.2) is 0 Å². The van der Waals surface area contributed by atoms with E-state index in [1.165, 1.54) is 7.11 Å². The number of nitrogens with zero attached hydrogens (tertiary/aromatic N) is 1. The van der Waals surface area contributed by atoms with E-state index in [-0.39, 0.29) is 23.2 Å². The van der Waals surface area contributed by atoms with E-state index < -0.39 is 37.7 Å². The number of allylic oxidation sites excluding steroid dienone is 2. The number of imide groups is 1. The van der Waals surface area contributed by atoms with Gasteiger partial charge in [0.25, 0.3) is 0 Å². The third-order valence-electron chi connectivity index (χ3n) is 4.52. The van der Waals surface area contributed by atoms with Gasteiger partial charge in [0.2, 0.25) is 11.8 Å². The molecule has 0 spiro atoms. The van der Waals surface area contributed by atoms with Crippen molar-refractivity contribution in [3.05, 3.63) is 10.1 Å². The van der Waals surface area contributed by atoms with Gasteiger partial charge in [-0.1, -0.05) is 46.4 Å². The van der Waals surface area contributed by atoms with Crippen LogP contribution < -0.4 is 0 Å². The molecule has 1 saturated heterocycles. The molecule has 2 fully saturated rings. The van der Waals surface area contributed by atoms with Crippen LogP contribution in [0, 0.1) is 11.8 Å². The van der Waals surface area contributed by atoms with Crippen LogP contribution >= 0.6 is 69.6 Å². The minimum atomic E-state index is -1.88. The second kappa shape index (κ2) is 5.04. The zero-order valence-corrected chi connectivity index (χ0v) is 15.5. The lowest BCUT2D eigenvalue weighted by Crippen LogP contribution is -2.50. The predicted molar refractivity (Wildman–Crippen MR) is 85.9 cm³/mol. The summed E-state index contributed by atoms with van der Waals surface area (Å²) in [5.74, 6) is -3.20. The Bertz CT molecular complexity index is 576. The van der Waals surface area contributed by atoms with Gasteiger partial charge < -0.3 is 4.74 Å². The van der Waals surface area contributed by atoms with E-state index in [2.05, 4.69) is 0 Å². The van der Waals surface area contributed by atoms with E-state index in [1.807, 2.05) is 0 Å². The van der Waals surface area contributed by atoms with Gasteiger partial charge in [-0.3, -0.25) is 14.5 Å². The predicted octanol–water partition coefficient (Wildman–Crippen LogP) is 3.08. The third kappa shape index (κ3) is 1.58. The van der Waals surface area contributed by atoms with Crippen LogP contribution in [-0.2, 0) is 14.3 Å². The van der Waals surface area contributed by atoms with Gasteiger partial charge >= 0.3 is 0 Å². The van der Waals surface area contributed by atoms with Crippen molar-refractivity contribution in [1.82, 2.24) is 4.90 Å². The fourth-order valence-electron chi connectivity index (χ4n) is 3.46. The van der Waals surface area contributed by atoms with Crippen LogP contribution in [0.15, 0.2) is 10.1 Å². The normalized spacial score (nSPS) is 42.6. The lowest BCUT2D eigenvalue weighted by molar-refractivity contribution is -0.141. The molecule has 0 aromatic rings. The molecule has 0 unspecified atom stereocenters. The first-order valence-corrected chi connectivity index (χ1v) is 8.51. The highest BCUT2D eigenvalue weighted by molar-refractivity contribution is 6.66. The molecule has 0 N–H and O–H groups in total. The molecule has 4 nitrogen and oxygen atoms in total. The summed E-state index contributed by atoms with van der Waals surface area (Å²) in [5, 5.41) is -0.182. The smallest absolute Gasteiger partial charge is 0.235 e. The highest BCUT2D eigenvalue weighted by Crippen LogP contribution is 2.77. The number of hydrogen-bond donors (Lipinski definition) is 0. The van der Waals surface area contributed by atoms with Crippen LogP contribution in [0.5, 0.6) is 0 Å². The zero-order valence-electron chi connectivity index (χ0n) is 11.0. The molecule has 10 heteroatoms. The molecule has 0 aromatic carbocycles. The molecular weight excluding hydrogens is 419 g/mol. The molecule has 3 aliphatic rings. The SMILES string of the molecule is COCCN1C(=O)[C@H]2[C@H](C1=O)[C@@]1(Cl)C(Cl)=C(Cl)[C@@]2(Cl)C1(Cl)Cl. The summed E-state index contributed by atoms with van der Waals surface area (Å²) in [4.78, 5) is 22.8. The molecule has 4 atom stereocenters. The quantitative estimate of drug-likeness (QED) is 0.513. The highest BCUT2D eigenvalue weighted by atomic mass is 35.5. The van der Waals surface area contributed by atoms with Crippen LogP contribution in [0.3, 0.4) is 0 Å². The highest BCUT2D eigenvalue weighted by Gasteiger charge is 2.87. The van der Waals surface area contributed by atoms with E-state index in [0.29, 0.717) is 0 Å². The number of alkyl halides is 4. The number of rotatable bonds is 3. The summed E-state index contributed by atoms with van der Waals surface area (Å²) in [5.41, 5.74) is 0. The topological polar surface area (TPSA) is 46.6 Å². The number of amides is 2. The van der Waals surface area contributed by atoms with Crippen molar-refractivity contribution in [3.63, 3.8) is 0 Å². The molecule has 0 aromatic heterocycles. The Morgan fingerprint density at radius 3 is 1.77 bits per heavy atom. The number of carbonyl (C=O) groups excluding carboxylic acids is 2. The second-order valence-electron chi connectivity index (χ2n) is 5.40. The fraction of sp³-hybridized carbons (Fsp3) is 0.667. The number of carbonyl (C=O) groups is 2. The van der Waals surface area contributed by atoms with Crippen molar-refractivity contribution >= 4 is 81.4 Å². The van der Waals surface area contributed by atoms with E-state index >= 15 is 0 Å². The van der Waals surface area contributed by atoms with Gasteiger partial charge in [0, 0.05) is 7.11 Å². The number of hydrogen-bond acceptors (Lipinski definition) is 3. The maximum atomic E-state index is 12.6. The number of fused-ring (bicyclic) bond motifs is 5. The fourth-order valence-corrected chi connectivity index (χ4v) is 6.38. The summed E-state index contributed by atoms with van der Waals surface area (Å²) in [6, 6.07) is 0. The minimum absolute atomic E-state index is 0.0773. The monoisotopic (exact) mass is 425 g/mol. The van der Waals surface area contributed by atoms with E-state index in [4.69, 9.17) is 74.3 Å². The first-order chi connectivity index (χ1) is 10.1. The van der Waals surface area contributed by atoms with Gasteiger partial charge in [-0.15, -0.1) is 23.2 Å². The van der Waals surface area contributed by atoms with E-state index in [0.717, 1.165) is 4.90 Å². The Hall–Kier alpha value is 0.580. The lowest BCUT2D eigenvalue weighted by Gasteiger charge is -2.34. The zero-order chi connectivity index (χ0) is 16.7. The number of halogens is 6. The number of methoxy groups -OCH3 is 1. The summed E-state index contributed by atoms with van der Waals surface area (Å²) in [7, 11) is 1.46. The Balaban J connectivity index is 2.15. The number of likely N-dealkylation sites (tertiary alicyclic amines) is 1. The van der Waals surface area contributed by atoms with Gasteiger partial charge in [-0.05, 0) is 0 Å². The first-order valence-electron chi connectivity index (χ1n) is 6.24. The molecule has 2 amide bonds. The standard InChI is InChI=1S/C12H9Cl6NO3/c1-22-3-2-19-8(20)4-5(9(19)21)11(16)7(14)6(13)10(4,15)12(11,17)18/h4-5H,2-3H2,1H3/t4-,5-,10-,11-/m1/s1. The van der Waals surface area contributed by atoms with Crippen molar-refractivity contribution in [2.75, 3.05) is 20.3 Å². The lowest BCUT2D eigenvalue weighted by atomic mass is 9.84. The van der Waals surface area contributed by atoms with Gasteiger partial charge in [0.15, 0.2) is 4.33 Å². The van der Waals surface area contributed by atoms with E-state index in [9.17, 15) is 9.59 Å². The van der Waals surface area contributed by atoms with Crippen LogP contribution in [0.1, 0.15) is 0 Å². The van der Waals surface area contributed by atoms with Crippen LogP contribution in [0.25, 0.3) is 0 Å². The Kier molecular flexibility index (Phi) is 3.99. The molecule has 1 aliphatic heterocycles. The van der Waals surface area contributed by atoms with Crippen molar-refractivity contribution in [2.24, 2.45) is 11.8 Å². The van der Waals surface area contributed by atoms with Crippen molar-refractivity contribution < 1.29 is 14.3 Å². The molecule has 22 heavy (non-hydrogen) atoms. The molecule has 0 radical (unpaired) electrons. The Morgan fingerprint density at radius 2 is 1.41 bits per heavy atom. The Morgan fingerprint density at radius 1 is 1.00 bits per heavy atom. The summed E-state index contributed by atoms with van der Waals surface area (Å²) in [6.07, 6.45) is 0. The van der Waals surface area contributed by atoms with Gasteiger partial charge in [-0.2, -0.15) is 0 Å². The van der Waals surface area contributed by atoms with Crippen molar-refractivity contribution in [1.29, 1.82) is 0 Å². The molecule has 1 heterocycles. The summed E-state index contributed by atoms with van der Waals surface area (Å²) in [6.45, 7) is 0.261. The first kappa shape index (κ1) is 17.4.